The molecule has 1 saturated carbocycles. The smallest absolute Gasteiger partial charge is 0.0724 e. The fourth-order valence-corrected chi connectivity index (χ4v) is 2.53. The van der Waals surface area contributed by atoms with Crippen molar-refractivity contribution >= 4 is 0 Å². The fourth-order valence-electron chi connectivity index (χ4n) is 2.53. The summed E-state index contributed by atoms with van der Waals surface area (Å²) in [7, 11) is 0. The zero-order chi connectivity index (χ0) is 9.97. The molecule has 2 atom stereocenters. The van der Waals surface area contributed by atoms with Crippen LogP contribution in [-0.2, 0) is 0 Å². The highest BCUT2D eigenvalue weighted by Crippen LogP contribution is 2.30. The van der Waals surface area contributed by atoms with Crippen molar-refractivity contribution in [2.45, 2.75) is 37.8 Å². The maximum Gasteiger partial charge on any atom is 0.0724 e. The summed E-state index contributed by atoms with van der Waals surface area (Å²) in [6, 6.07) is 0.209. The molecule has 0 bridgehead atoms. The van der Waals surface area contributed by atoms with Gasteiger partial charge in [0.05, 0.1) is 35.7 Å². The van der Waals surface area contributed by atoms with Gasteiger partial charge in [-0.3, -0.25) is 10.0 Å². The minimum Gasteiger partial charge on any atom is -0.254 e. The molecule has 1 heterocycles. The molecule has 0 radical (unpaired) electrons. The second-order valence-electron chi connectivity index (χ2n) is 3.91. The number of hydrogen-bond donors (Lipinski definition) is 0. The van der Waals surface area contributed by atoms with Gasteiger partial charge >= 0.3 is 0 Å². The first-order valence-corrected chi connectivity index (χ1v) is 5.06. The maximum absolute atomic E-state index is 10.6. The van der Waals surface area contributed by atoms with Crippen molar-refractivity contribution in [1.29, 1.82) is 0 Å². The predicted molar refractivity (Wildman–Crippen MR) is 51.0 cm³/mol. The molecule has 1 aliphatic carbocycles. The van der Waals surface area contributed by atoms with Gasteiger partial charge in [-0.25, -0.2) is 0 Å². The first-order chi connectivity index (χ1) is 6.86. The highest BCUT2D eigenvalue weighted by atomic mass is 16.3. The minimum absolute atomic E-state index is 0.104. The Balaban J connectivity index is 2.12. The third-order valence-electron chi connectivity index (χ3n) is 3.23. The summed E-state index contributed by atoms with van der Waals surface area (Å²) in [5.74, 6) is 0. The van der Waals surface area contributed by atoms with E-state index >= 15 is 0 Å². The summed E-state index contributed by atoms with van der Waals surface area (Å²) in [5.41, 5.74) is 0. The first-order valence-electron chi connectivity index (χ1n) is 5.06. The SMILES string of the molecule is O=NN1CCN(N=O)[C@H]2CCCC[C@@H]21. The van der Waals surface area contributed by atoms with E-state index in [0.717, 1.165) is 25.7 Å². The summed E-state index contributed by atoms with van der Waals surface area (Å²) in [5, 5.41) is 9.18. The third-order valence-corrected chi connectivity index (χ3v) is 3.23. The number of nitrogens with zero attached hydrogens (tertiary/aromatic N) is 4. The van der Waals surface area contributed by atoms with Crippen molar-refractivity contribution in [3.05, 3.63) is 9.81 Å². The Morgan fingerprint density at radius 1 is 0.857 bits per heavy atom. The van der Waals surface area contributed by atoms with Crippen LogP contribution in [0.1, 0.15) is 25.7 Å². The zero-order valence-electron chi connectivity index (χ0n) is 8.00. The maximum atomic E-state index is 10.6. The highest BCUT2D eigenvalue weighted by molar-refractivity contribution is 4.91. The van der Waals surface area contributed by atoms with E-state index in [1.54, 1.807) is 10.0 Å². The number of piperazine rings is 1. The molecule has 1 saturated heterocycles. The molecule has 1 aliphatic heterocycles. The molecule has 14 heavy (non-hydrogen) atoms. The van der Waals surface area contributed by atoms with Crippen molar-refractivity contribution in [3.8, 4) is 0 Å². The zero-order valence-corrected chi connectivity index (χ0v) is 8.00. The highest BCUT2D eigenvalue weighted by Gasteiger charge is 2.38. The second-order valence-corrected chi connectivity index (χ2v) is 3.91. The lowest BCUT2D eigenvalue weighted by Gasteiger charge is -2.44. The Kier molecular flexibility index (Phi) is 2.60. The largest absolute Gasteiger partial charge is 0.254 e. The molecule has 6 heteroatoms. The van der Waals surface area contributed by atoms with Crippen LogP contribution in [0.2, 0.25) is 0 Å². The van der Waals surface area contributed by atoms with Crippen LogP contribution in [0.15, 0.2) is 10.6 Å². The van der Waals surface area contributed by atoms with E-state index in [1.807, 2.05) is 0 Å². The molecule has 78 valence electrons. The van der Waals surface area contributed by atoms with Gasteiger partial charge in [0.15, 0.2) is 0 Å². The Morgan fingerprint density at radius 3 is 1.64 bits per heavy atom. The number of nitroso groups, excluding NO2 is 2. The van der Waals surface area contributed by atoms with E-state index in [0.29, 0.717) is 13.1 Å². The summed E-state index contributed by atoms with van der Waals surface area (Å²) < 4.78 is 0. The van der Waals surface area contributed by atoms with E-state index in [1.165, 1.54) is 0 Å². The summed E-state index contributed by atoms with van der Waals surface area (Å²) in [6.07, 6.45) is 4.12. The molecule has 0 unspecified atom stereocenters. The van der Waals surface area contributed by atoms with Crippen molar-refractivity contribution in [3.63, 3.8) is 0 Å². The van der Waals surface area contributed by atoms with E-state index in [4.69, 9.17) is 0 Å². The number of hydrogen-bond acceptors (Lipinski definition) is 4. The van der Waals surface area contributed by atoms with Gasteiger partial charge in [-0.05, 0) is 12.8 Å². The molecule has 0 aromatic rings. The van der Waals surface area contributed by atoms with E-state index in [2.05, 4.69) is 10.6 Å². The molecule has 0 aromatic heterocycles. The van der Waals surface area contributed by atoms with E-state index < -0.39 is 0 Å². The Morgan fingerprint density at radius 2 is 1.29 bits per heavy atom. The summed E-state index contributed by atoms with van der Waals surface area (Å²) >= 11 is 0. The van der Waals surface area contributed by atoms with E-state index in [9.17, 15) is 9.81 Å². The van der Waals surface area contributed by atoms with Crippen LogP contribution in [0.3, 0.4) is 0 Å². The molecule has 0 spiro atoms. The number of rotatable bonds is 2. The monoisotopic (exact) mass is 198 g/mol. The van der Waals surface area contributed by atoms with Gasteiger partial charge < -0.3 is 0 Å². The quantitative estimate of drug-likeness (QED) is 0.627. The van der Waals surface area contributed by atoms with Crippen LogP contribution in [0, 0.1) is 9.81 Å². The fraction of sp³-hybridized carbons (Fsp3) is 1.00. The molecule has 0 amide bonds. The lowest BCUT2D eigenvalue weighted by atomic mass is 9.88. The third kappa shape index (κ3) is 1.44. The second kappa shape index (κ2) is 3.89. The van der Waals surface area contributed by atoms with Gasteiger partial charge in [0.25, 0.3) is 0 Å². The molecule has 2 aliphatic rings. The molecular weight excluding hydrogens is 184 g/mol. The van der Waals surface area contributed by atoms with Crippen molar-refractivity contribution in [1.82, 2.24) is 10.0 Å². The molecule has 0 N–H and O–H groups in total. The lowest BCUT2D eigenvalue weighted by Crippen LogP contribution is -2.56. The topological polar surface area (TPSA) is 65.3 Å². The summed E-state index contributed by atoms with van der Waals surface area (Å²) in [6.45, 7) is 1.05. The van der Waals surface area contributed by atoms with Gasteiger partial charge in [0.2, 0.25) is 0 Å². The normalized spacial score (nSPS) is 32.3. The van der Waals surface area contributed by atoms with Crippen molar-refractivity contribution in [2.24, 2.45) is 10.6 Å². The average molecular weight is 198 g/mol. The Labute approximate surface area is 82.1 Å². The van der Waals surface area contributed by atoms with Gasteiger partial charge in [-0.2, -0.15) is 0 Å². The van der Waals surface area contributed by atoms with Gasteiger partial charge in [0, 0.05) is 0 Å². The van der Waals surface area contributed by atoms with Gasteiger partial charge in [-0.1, -0.05) is 12.8 Å². The van der Waals surface area contributed by atoms with Crippen molar-refractivity contribution in [2.75, 3.05) is 13.1 Å². The first kappa shape index (κ1) is 9.36. The molecular formula is C8H14N4O2. The van der Waals surface area contributed by atoms with Crippen LogP contribution >= 0.6 is 0 Å². The van der Waals surface area contributed by atoms with Crippen LogP contribution in [0.25, 0.3) is 0 Å². The Hall–Kier alpha value is -1.20. The van der Waals surface area contributed by atoms with Gasteiger partial charge in [0.1, 0.15) is 0 Å². The molecule has 6 nitrogen and oxygen atoms in total. The van der Waals surface area contributed by atoms with Crippen LogP contribution in [-0.4, -0.2) is 35.2 Å². The van der Waals surface area contributed by atoms with Crippen LogP contribution in [0.4, 0.5) is 0 Å². The standard InChI is InChI=1S/C8H14N4O2/c13-9-11-5-6-12(10-14)8-4-2-1-3-7(8)11/h7-8H,1-6H2/t7-,8-/m0/s1. The molecule has 2 rings (SSSR count). The molecule has 2 fully saturated rings. The Bertz CT molecular complexity index is 211. The van der Waals surface area contributed by atoms with Crippen LogP contribution in [0.5, 0.6) is 0 Å². The number of fused-ring (bicyclic) bond motifs is 1. The van der Waals surface area contributed by atoms with E-state index in [-0.39, 0.29) is 12.1 Å². The van der Waals surface area contributed by atoms with Crippen molar-refractivity contribution < 1.29 is 0 Å². The summed E-state index contributed by atoms with van der Waals surface area (Å²) in [4.78, 5) is 21.1. The predicted octanol–water partition coefficient (Wildman–Crippen LogP) is 1.28. The van der Waals surface area contributed by atoms with Gasteiger partial charge in [-0.15, -0.1) is 9.81 Å². The minimum atomic E-state index is 0.104. The van der Waals surface area contributed by atoms with Crippen LogP contribution < -0.4 is 0 Å². The molecule has 0 aromatic carbocycles. The lowest BCUT2D eigenvalue weighted by molar-refractivity contribution is -0.00368. The average Bonchev–Trinajstić information content (AvgIpc) is 2.27.